The summed E-state index contributed by atoms with van der Waals surface area (Å²) >= 11 is 0. The zero-order valence-electron chi connectivity index (χ0n) is 6.44. The molecule has 58 valence electrons. The quantitative estimate of drug-likeness (QED) is 0.552. The Kier molecular flexibility index (Phi) is 1.83. The van der Waals surface area contributed by atoms with Crippen LogP contribution in [0, 0.1) is 5.41 Å². The highest BCUT2D eigenvalue weighted by Gasteiger charge is 2.23. The lowest BCUT2D eigenvalue weighted by molar-refractivity contribution is 0.113. The Morgan fingerprint density at radius 2 is 2.30 bits per heavy atom. The first-order valence-corrected chi connectivity index (χ1v) is 3.51. The molecular formula is C7H13NO2. The molecule has 1 amide bonds. The molecule has 0 aromatic heterocycles. The van der Waals surface area contributed by atoms with Gasteiger partial charge < -0.3 is 10.1 Å². The molecule has 0 bridgehead atoms. The Morgan fingerprint density at radius 3 is 3.00 bits per heavy atom. The number of amides is 1. The molecule has 3 heteroatoms. The second-order valence-electron chi connectivity index (χ2n) is 3.42. The van der Waals surface area contributed by atoms with Crippen LogP contribution in [-0.2, 0) is 4.74 Å². The van der Waals surface area contributed by atoms with E-state index in [0.29, 0.717) is 6.61 Å². The Balaban J connectivity index is 2.48. The molecule has 10 heavy (non-hydrogen) atoms. The second kappa shape index (κ2) is 2.48. The standard InChI is InChI=1S/C7H13NO2/c1-7(2)3-4-8-6(9)10-5-7/h3-5H2,1-2H3,(H,8,9). The summed E-state index contributed by atoms with van der Waals surface area (Å²) in [6, 6.07) is 0. The molecule has 0 saturated carbocycles. The van der Waals surface area contributed by atoms with Crippen molar-refractivity contribution in [1.82, 2.24) is 5.32 Å². The fourth-order valence-corrected chi connectivity index (χ4v) is 0.887. The summed E-state index contributed by atoms with van der Waals surface area (Å²) in [7, 11) is 0. The minimum Gasteiger partial charge on any atom is -0.449 e. The maximum atomic E-state index is 10.6. The van der Waals surface area contributed by atoms with Crippen molar-refractivity contribution < 1.29 is 9.53 Å². The van der Waals surface area contributed by atoms with E-state index >= 15 is 0 Å². The summed E-state index contributed by atoms with van der Waals surface area (Å²) < 4.78 is 4.87. The molecule has 1 fully saturated rings. The van der Waals surface area contributed by atoms with Crippen LogP contribution in [-0.4, -0.2) is 19.2 Å². The molecule has 1 aliphatic heterocycles. The maximum absolute atomic E-state index is 10.6. The van der Waals surface area contributed by atoms with Gasteiger partial charge in [0, 0.05) is 12.0 Å². The molecule has 1 rings (SSSR count). The smallest absolute Gasteiger partial charge is 0.407 e. The van der Waals surface area contributed by atoms with Crippen molar-refractivity contribution >= 4 is 6.09 Å². The molecule has 0 aromatic carbocycles. The predicted octanol–water partition coefficient (Wildman–Crippen LogP) is 1.14. The monoisotopic (exact) mass is 143 g/mol. The van der Waals surface area contributed by atoms with E-state index in [1.807, 2.05) is 0 Å². The Morgan fingerprint density at radius 1 is 1.60 bits per heavy atom. The van der Waals surface area contributed by atoms with Gasteiger partial charge in [-0.05, 0) is 6.42 Å². The molecule has 0 atom stereocenters. The molecule has 1 heterocycles. The van der Waals surface area contributed by atoms with Gasteiger partial charge in [-0.25, -0.2) is 4.79 Å². The third kappa shape index (κ3) is 1.90. The van der Waals surface area contributed by atoms with Crippen molar-refractivity contribution in [3.8, 4) is 0 Å². The van der Waals surface area contributed by atoms with Crippen LogP contribution < -0.4 is 5.32 Å². The number of hydrogen-bond acceptors (Lipinski definition) is 2. The van der Waals surface area contributed by atoms with E-state index in [9.17, 15) is 4.79 Å². The van der Waals surface area contributed by atoms with Gasteiger partial charge in [-0.1, -0.05) is 13.8 Å². The Hall–Kier alpha value is -0.730. The van der Waals surface area contributed by atoms with E-state index in [4.69, 9.17) is 4.74 Å². The first-order valence-electron chi connectivity index (χ1n) is 3.51. The third-order valence-corrected chi connectivity index (χ3v) is 1.67. The Bertz CT molecular complexity index is 143. The van der Waals surface area contributed by atoms with Crippen LogP contribution in [0.15, 0.2) is 0 Å². The average Bonchev–Trinajstić information content (AvgIpc) is 1.94. The summed E-state index contributed by atoms with van der Waals surface area (Å²) in [5.74, 6) is 0. The number of ether oxygens (including phenoxy) is 1. The molecule has 0 radical (unpaired) electrons. The zero-order valence-corrected chi connectivity index (χ0v) is 6.44. The predicted molar refractivity (Wildman–Crippen MR) is 37.7 cm³/mol. The number of carbonyl (C=O) groups excluding carboxylic acids is 1. The van der Waals surface area contributed by atoms with Gasteiger partial charge in [-0.15, -0.1) is 0 Å². The molecule has 0 spiro atoms. The van der Waals surface area contributed by atoms with Crippen LogP contribution in [0.3, 0.4) is 0 Å². The number of alkyl carbamates (subject to hydrolysis) is 1. The van der Waals surface area contributed by atoms with Crippen LogP contribution in [0.5, 0.6) is 0 Å². The molecular weight excluding hydrogens is 130 g/mol. The average molecular weight is 143 g/mol. The third-order valence-electron chi connectivity index (χ3n) is 1.67. The van der Waals surface area contributed by atoms with Gasteiger partial charge in [0.1, 0.15) is 0 Å². The fourth-order valence-electron chi connectivity index (χ4n) is 0.887. The van der Waals surface area contributed by atoms with E-state index in [1.54, 1.807) is 0 Å². The van der Waals surface area contributed by atoms with E-state index in [0.717, 1.165) is 13.0 Å². The second-order valence-corrected chi connectivity index (χ2v) is 3.42. The first-order chi connectivity index (χ1) is 4.60. The number of carbonyl (C=O) groups is 1. The topological polar surface area (TPSA) is 38.3 Å². The molecule has 3 nitrogen and oxygen atoms in total. The summed E-state index contributed by atoms with van der Waals surface area (Å²) in [4.78, 5) is 10.6. The first kappa shape index (κ1) is 7.38. The lowest BCUT2D eigenvalue weighted by atomic mass is 9.91. The van der Waals surface area contributed by atoms with Crippen molar-refractivity contribution in [2.24, 2.45) is 5.41 Å². The normalized spacial score (nSPS) is 24.4. The minimum absolute atomic E-state index is 0.138. The molecule has 0 aliphatic carbocycles. The fraction of sp³-hybridized carbons (Fsp3) is 0.857. The highest BCUT2D eigenvalue weighted by atomic mass is 16.5. The van der Waals surface area contributed by atoms with Gasteiger partial charge >= 0.3 is 6.09 Å². The van der Waals surface area contributed by atoms with Crippen LogP contribution in [0.4, 0.5) is 4.79 Å². The van der Waals surface area contributed by atoms with Gasteiger partial charge in [0.15, 0.2) is 0 Å². The van der Waals surface area contributed by atoms with Gasteiger partial charge in [-0.3, -0.25) is 0 Å². The Labute approximate surface area is 60.7 Å². The summed E-state index contributed by atoms with van der Waals surface area (Å²) in [6.45, 7) is 5.44. The number of nitrogens with one attached hydrogen (secondary N) is 1. The maximum Gasteiger partial charge on any atom is 0.407 e. The minimum atomic E-state index is -0.287. The van der Waals surface area contributed by atoms with Crippen LogP contribution in [0.1, 0.15) is 20.3 Å². The van der Waals surface area contributed by atoms with E-state index in [1.165, 1.54) is 0 Å². The molecule has 1 saturated heterocycles. The SMILES string of the molecule is CC1(C)CCNC(=O)OC1. The van der Waals surface area contributed by atoms with Crippen molar-refractivity contribution in [2.45, 2.75) is 20.3 Å². The van der Waals surface area contributed by atoms with Gasteiger partial charge in [0.05, 0.1) is 6.61 Å². The van der Waals surface area contributed by atoms with Crippen LogP contribution in [0.25, 0.3) is 0 Å². The lowest BCUT2D eigenvalue weighted by Gasteiger charge is -2.18. The van der Waals surface area contributed by atoms with E-state index in [2.05, 4.69) is 19.2 Å². The highest BCUT2D eigenvalue weighted by Crippen LogP contribution is 2.21. The van der Waals surface area contributed by atoms with Gasteiger partial charge in [-0.2, -0.15) is 0 Å². The molecule has 1 N–H and O–H groups in total. The lowest BCUT2D eigenvalue weighted by Crippen LogP contribution is -2.21. The van der Waals surface area contributed by atoms with E-state index in [-0.39, 0.29) is 11.5 Å². The van der Waals surface area contributed by atoms with Crippen LogP contribution >= 0.6 is 0 Å². The largest absolute Gasteiger partial charge is 0.449 e. The van der Waals surface area contributed by atoms with Crippen molar-refractivity contribution in [2.75, 3.05) is 13.2 Å². The molecule has 1 aliphatic rings. The number of cyclic esters (lactones) is 1. The van der Waals surface area contributed by atoms with Gasteiger partial charge in [0.2, 0.25) is 0 Å². The van der Waals surface area contributed by atoms with Crippen molar-refractivity contribution in [1.29, 1.82) is 0 Å². The summed E-state index contributed by atoms with van der Waals surface area (Å²) in [6.07, 6.45) is 0.698. The van der Waals surface area contributed by atoms with Crippen molar-refractivity contribution in [3.05, 3.63) is 0 Å². The molecule has 0 aromatic rings. The summed E-state index contributed by atoms with van der Waals surface area (Å²) in [5.41, 5.74) is 0.138. The summed E-state index contributed by atoms with van der Waals surface area (Å²) in [5, 5.41) is 2.64. The zero-order chi connectivity index (χ0) is 7.61. The van der Waals surface area contributed by atoms with E-state index < -0.39 is 0 Å². The number of rotatable bonds is 0. The molecule has 0 unspecified atom stereocenters. The van der Waals surface area contributed by atoms with Crippen LogP contribution in [0.2, 0.25) is 0 Å². The van der Waals surface area contributed by atoms with Gasteiger partial charge in [0.25, 0.3) is 0 Å². The highest BCUT2D eigenvalue weighted by molar-refractivity contribution is 5.67. The van der Waals surface area contributed by atoms with Crippen molar-refractivity contribution in [3.63, 3.8) is 0 Å². The number of hydrogen-bond donors (Lipinski definition) is 1.